The van der Waals surface area contributed by atoms with Crippen LogP contribution in [0.1, 0.15) is 47.2 Å². The molecule has 13 heteroatoms. The second kappa shape index (κ2) is 11.9. The maximum atomic E-state index is 13.8. The van der Waals surface area contributed by atoms with Crippen molar-refractivity contribution < 1.29 is 22.7 Å². The molecule has 4 aromatic rings. The number of nitrogens with zero attached hydrogens (tertiary/aromatic N) is 4. The molecule has 0 spiro atoms. The van der Waals surface area contributed by atoms with Gasteiger partial charge in [-0.1, -0.05) is 6.07 Å². The van der Waals surface area contributed by atoms with Crippen molar-refractivity contribution in [3.8, 4) is 5.75 Å². The molecule has 4 N–H and O–H groups in total. The van der Waals surface area contributed by atoms with Crippen LogP contribution >= 0.6 is 0 Å². The van der Waals surface area contributed by atoms with Crippen LogP contribution in [0, 0.1) is 6.92 Å². The first kappa shape index (κ1) is 28.5. The molecule has 3 heterocycles. The summed E-state index contributed by atoms with van der Waals surface area (Å²) in [6, 6.07) is 10.6. The van der Waals surface area contributed by atoms with Crippen LogP contribution in [0.4, 0.5) is 42.1 Å². The van der Waals surface area contributed by atoms with Crippen LogP contribution in [-0.2, 0) is 6.18 Å². The quantitative estimate of drug-likeness (QED) is 0.188. The van der Waals surface area contributed by atoms with Crippen LogP contribution < -0.4 is 25.6 Å². The Morgan fingerprint density at radius 1 is 1.02 bits per heavy atom. The molecule has 1 saturated heterocycles. The van der Waals surface area contributed by atoms with Crippen molar-refractivity contribution in [3.05, 3.63) is 77.9 Å². The largest absolute Gasteiger partial charge is 0.490 e. The number of H-pyrrole nitrogens is 1. The molecule has 0 bridgehead atoms. The topological polar surface area (TPSA) is 120 Å². The van der Waals surface area contributed by atoms with Crippen molar-refractivity contribution in [1.82, 2.24) is 25.3 Å². The van der Waals surface area contributed by atoms with E-state index in [1.54, 1.807) is 29.4 Å². The van der Waals surface area contributed by atoms with E-state index in [1.807, 2.05) is 19.1 Å². The first-order valence-corrected chi connectivity index (χ1v) is 14.1. The summed E-state index contributed by atoms with van der Waals surface area (Å²) in [5.41, 5.74) is 0.780. The minimum Gasteiger partial charge on any atom is -0.490 e. The number of nitrogens with one attached hydrogen (secondary N) is 4. The number of ether oxygens (including phenoxy) is 1. The van der Waals surface area contributed by atoms with Gasteiger partial charge in [0.05, 0.1) is 11.3 Å². The maximum Gasteiger partial charge on any atom is 0.416 e. The fourth-order valence-corrected chi connectivity index (χ4v) is 4.91. The van der Waals surface area contributed by atoms with E-state index < -0.39 is 17.6 Å². The lowest BCUT2D eigenvalue weighted by Gasteiger charge is -2.25. The number of amides is 1. The number of anilines is 5. The van der Waals surface area contributed by atoms with Gasteiger partial charge >= 0.3 is 6.18 Å². The Morgan fingerprint density at radius 2 is 1.84 bits per heavy atom. The SMILES string of the molecule is Cc1ccc(NC(=O)c2cc(OC3CCNCC3)cc(C(F)(F)F)c2)cc1N(c1cc(NC2CC2)ncn1)c1ncc[nH]1. The molecular weight excluding hydrogens is 561 g/mol. The van der Waals surface area contributed by atoms with Gasteiger partial charge in [0.25, 0.3) is 5.91 Å². The number of aryl methyl sites for hydroxylation is 1. The lowest BCUT2D eigenvalue weighted by atomic mass is 10.1. The van der Waals surface area contributed by atoms with Gasteiger partial charge in [0.15, 0.2) is 0 Å². The number of alkyl halides is 3. The number of benzene rings is 2. The summed E-state index contributed by atoms with van der Waals surface area (Å²) in [7, 11) is 0. The van der Waals surface area contributed by atoms with Crippen LogP contribution in [-0.4, -0.2) is 51.1 Å². The second-order valence-corrected chi connectivity index (χ2v) is 10.7. The number of carbonyl (C=O) groups excluding carboxylic acids is 1. The highest BCUT2D eigenvalue weighted by Gasteiger charge is 2.33. The number of aromatic amines is 1. The van der Waals surface area contributed by atoms with E-state index >= 15 is 0 Å². The highest BCUT2D eigenvalue weighted by molar-refractivity contribution is 6.05. The number of halogens is 3. The van der Waals surface area contributed by atoms with Gasteiger partial charge in [-0.15, -0.1) is 0 Å². The van der Waals surface area contributed by atoms with Crippen molar-refractivity contribution in [3.63, 3.8) is 0 Å². The third-order valence-electron chi connectivity index (χ3n) is 7.30. The summed E-state index contributed by atoms with van der Waals surface area (Å²) in [5.74, 6) is 1.02. The van der Waals surface area contributed by atoms with E-state index in [0.29, 0.717) is 47.8 Å². The fourth-order valence-electron chi connectivity index (χ4n) is 4.91. The highest BCUT2D eigenvalue weighted by Crippen LogP contribution is 2.37. The van der Waals surface area contributed by atoms with E-state index in [4.69, 9.17) is 4.74 Å². The molecule has 43 heavy (non-hydrogen) atoms. The number of aromatic nitrogens is 4. The molecule has 10 nitrogen and oxygen atoms in total. The average Bonchev–Trinajstić information content (AvgIpc) is 3.64. The first-order valence-electron chi connectivity index (χ1n) is 14.1. The van der Waals surface area contributed by atoms with E-state index in [1.165, 1.54) is 12.4 Å². The fraction of sp³-hybridized carbons (Fsp3) is 0.333. The van der Waals surface area contributed by atoms with Crippen molar-refractivity contribution in [2.75, 3.05) is 28.6 Å². The molecule has 1 saturated carbocycles. The normalized spacial score (nSPS) is 15.6. The molecule has 0 radical (unpaired) electrons. The molecule has 1 amide bonds. The Labute approximate surface area is 246 Å². The molecule has 1 aliphatic carbocycles. The summed E-state index contributed by atoms with van der Waals surface area (Å²) < 4.78 is 47.2. The third kappa shape index (κ3) is 6.88. The van der Waals surface area contributed by atoms with Gasteiger partial charge in [-0.05, 0) is 81.6 Å². The van der Waals surface area contributed by atoms with Crippen molar-refractivity contribution >= 4 is 34.9 Å². The Morgan fingerprint density at radius 3 is 2.56 bits per heavy atom. The van der Waals surface area contributed by atoms with Crippen molar-refractivity contribution in [2.45, 2.75) is 50.9 Å². The molecule has 224 valence electrons. The molecule has 0 unspecified atom stereocenters. The predicted molar refractivity (Wildman–Crippen MR) is 156 cm³/mol. The van der Waals surface area contributed by atoms with Gasteiger partial charge in [0, 0.05) is 35.8 Å². The predicted octanol–water partition coefficient (Wildman–Crippen LogP) is 5.95. The van der Waals surface area contributed by atoms with Crippen LogP contribution in [0.15, 0.2) is 61.2 Å². The van der Waals surface area contributed by atoms with Gasteiger partial charge in [0.2, 0.25) is 5.95 Å². The Kier molecular flexibility index (Phi) is 7.89. The summed E-state index contributed by atoms with van der Waals surface area (Å²) in [4.78, 5) is 31.5. The van der Waals surface area contributed by atoms with Crippen molar-refractivity contribution in [1.29, 1.82) is 0 Å². The number of carbonyl (C=O) groups is 1. The van der Waals surface area contributed by atoms with Gasteiger partial charge in [-0.2, -0.15) is 13.2 Å². The summed E-state index contributed by atoms with van der Waals surface area (Å²) in [6.45, 7) is 3.34. The van der Waals surface area contributed by atoms with Gasteiger partial charge < -0.3 is 25.7 Å². The molecule has 0 atom stereocenters. The number of piperidine rings is 1. The van der Waals surface area contributed by atoms with E-state index in [2.05, 4.69) is 35.9 Å². The van der Waals surface area contributed by atoms with E-state index in [-0.39, 0.29) is 17.4 Å². The van der Waals surface area contributed by atoms with Gasteiger partial charge in [-0.25, -0.2) is 15.0 Å². The minimum absolute atomic E-state index is 0.0137. The number of hydrogen-bond donors (Lipinski definition) is 4. The molecule has 2 fully saturated rings. The summed E-state index contributed by atoms with van der Waals surface area (Å²) >= 11 is 0. The monoisotopic (exact) mass is 592 g/mol. The number of rotatable bonds is 9. The Bertz CT molecular complexity index is 1580. The van der Waals surface area contributed by atoms with Crippen LogP contribution in [0.2, 0.25) is 0 Å². The zero-order valence-electron chi connectivity index (χ0n) is 23.4. The van der Waals surface area contributed by atoms with E-state index in [9.17, 15) is 18.0 Å². The zero-order chi connectivity index (χ0) is 30.0. The molecule has 2 aromatic carbocycles. The molecular formula is C30H31F3N8O2. The first-order chi connectivity index (χ1) is 20.7. The van der Waals surface area contributed by atoms with Gasteiger partial charge in [-0.3, -0.25) is 9.69 Å². The number of imidazole rings is 1. The molecule has 2 aromatic heterocycles. The Hall–Kier alpha value is -4.65. The van der Waals surface area contributed by atoms with Crippen LogP contribution in [0.3, 0.4) is 0 Å². The number of hydrogen-bond acceptors (Lipinski definition) is 8. The summed E-state index contributed by atoms with van der Waals surface area (Å²) in [6.07, 6.45) is 3.40. The lowest BCUT2D eigenvalue weighted by Crippen LogP contribution is -2.34. The lowest BCUT2D eigenvalue weighted by molar-refractivity contribution is -0.137. The maximum absolute atomic E-state index is 13.8. The molecule has 6 rings (SSSR count). The molecule has 2 aliphatic rings. The standard InChI is InChI=1S/C30H31F3N8O2/c1-18-2-3-22(15-25(18)41(29-35-10-11-36-29)27-16-26(37-17-38-27)39-21-4-5-21)40-28(42)19-12-20(30(31,32)33)14-24(13-19)43-23-6-8-34-9-7-23/h2-3,10-17,21,23,34H,4-9H2,1H3,(H,35,36)(H,40,42)(H,37,38,39). The second-order valence-electron chi connectivity index (χ2n) is 10.7. The van der Waals surface area contributed by atoms with E-state index in [0.717, 1.165) is 43.6 Å². The Balaban J connectivity index is 1.30. The minimum atomic E-state index is -4.64. The average molecular weight is 593 g/mol. The summed E-state index contributed by atoms with van der Waals surface area (Å²) in [5, 5.41) is 9.32. The molecule has 1 aliphatic heterocycles. The van der Waals surface area contributed by atoms with Crippen molar-refractivity contribution in [2.24, 2.45) is 0 Å². The van der Waals surface area contributed by atoms with Gasteiger partial charge in [0.1, 0.15) is 29.8 Å². The highest BCUT2D eigenvalue weighted by atomic mass is 19.4. The smallest absolute Gasteiger partial charge is 0.416 e. The van der Waals surface area contributed by atoms with Crippen LogP contribution in [0.25, 0.3) is 0 Å². The zero-order valence-corrected chi connectivity index (χ0v) is 23.4. The third-order valence-corrected chi connectivity index (χ3v) is 7.30. The van der Waals surface area contributed by atoms with Crippen LogP contribution in [0.5, 0.6) is 5.75 Å².